The molecule has 1 amide bonds. The molecule has 6 nitrogen and oxygen atoms in total. The van der Waals surface area contributed by atoms with Crippen molar-refractivity contribution in [2.75, 3.05) is 20.2 Å². The molecule has 3 aromatic heterocycles. The van der Waals surface area contributed by atoms with E-state index in [2.05, 4.69) is 41.2 Å². The van der Waals surface area contributed by atoms with E-state index < -0.39 is 0 Å². The summed E-state index contributed by atoms with van der Waals surface area (Å²) in [6.07, 6.45) is 5.69. The zero-order valence-electron chi connectivity index (χ0n) is 18.4. The summed E-state index contributed by atoms with van der Waals surface area (Å²) in [5.41, 5.74) is 5.80. The van der Waals surface area contributed by atoms with E-state index in [9.17, 15) is 4.79 Å². The molecule has 5 rings (SSSR count). The smallest absolute Gasteiger partial charge is 0.289 e. The van der Waals surface area contributed by atoms with E-state index in [-0.39, 0.29) is 11.8 Å². The molecule has 1 aliphatic heterocycles. The lowest BCUT2D eigenvalue weighted by atomic mass is 9.89. The van der Waals surface area contributed by atoms with Crippen LogP contribution in [0.3, 0.4) is 0 Å². The molecule has 6 heteroatoms. The maximum Gasteiger partial charge on any atom is 0.289 e. The predicted molar refractivity (Wildman–Crippen MR) is 124 cm³/mol. The van der Waals surface area contributed by atoms with Gasteiger partial charge in [-0.25, -0.2) is 0 Å². The van der Waals surface area contributed by atoms with E-state index in [4.69, 9.17) is 9.15 Å². The third-order valence-electron chi connectivity index (χ3n) is 6.21. The van der Waals surface area contributed by atoms with Gasteiger partial charge in [-0.1, -0.05) is 17.7 Å². The van der Waals surface area contributed by atoms with Crippen molar-refractivity contribution in [2.45, 2.75) is 32.3 Å². The van der Waals surface area contributed by atoms with Gasteiger partial charge in [0.05, 0.1) is 0 Å². The summed E-state index contributed by atoms with van der Waals surface area (Å²) < 4.78 is 10.8. The second-order valence-corrected chi connectivity index (χ2v) is 8.49. The number of carbonyl (C=O) groups excluding carboxylic acids is 1. The lowest BCUT2D eigenvalue weighted by Crippen LogP contribution is -2.39. The van der Waals surface area contributed by atoms with Crippen molar-refractivity contribution in [3.8, 4) is 11.1 Å². The summed E-state index contributed by atoms with van der Waals surface area (Å²) in [5.74, 6) is 1.18. The Hall–Kier alpha value is -3.38. The van der Waals surface area contributed by atoms with Gasteiger partial charge >= 0.3 is 0 Å². The van der Waals surface area contributed by atoms with Crippen LogP contribution in [0, 0.1) is 6.92 Å². The number of aromatic nitrogens is 2. The Morgan fingerprint density at radius 1 is 1.28 bits per heavy atom. The first-order chi connectivity index (χ1) is 15.6. The molecule has 0 aliphatic carbocycles. The monoisotopic (exact) mass is 429 g/mol. The highest BCUT2D eigenvalue weighted by Crippen LogP contribution is 2.39. The third-order valence-corrected chi connectivity index (χ3v) is 6.21. The van der Waals surface area contributed by atoms with Crippen LogP contribution < -0.4 is 0 Å². The number of ether oxygens (including phenoxy) is 1. The van der Waals surface area contributed by atoms with E-state index >= 15 is 0 Å². The number of aromatic amines is 1. The van der Waals surface area contributed by atoms with Crippen LogP contribution in [0.5, 0.6) is 0 Å². The van der Waals surface area contributed by atoms with Gasteiger partial charge in [-0.3, -0.25) is 9.78 Å². The number of nitrogens with one attached hydrogen (secondary N) is 1. The lowest BCUT2D eigenvalue weighted by molar-refractivity contribution is 0.0666. The quantitative estimate of drug-likeness (QED) is 0.467. The average molecular weight is 430 g/mol. The molecule has 4 heterocycles. The van der Waals surface area contributed by atoms with Gasteiger partial charge in [-0.15, -0.1) is 0 Å². The van der Waals surface area contributed by atoms with E-state index in [0.29, 0.717) is 24.7 Å². The number of likely N-dealkylation sites (tertiary alicyclic amines) is 1. The number of piperidine rings is 1. The minimum Gasteiger partial charge on any atom is -0.453 e. The molecule has 1 N–H and O–H groups in total. The number of fused-ring (bicyclic) bond motifs is 1. The second kappa shape index (κ2) is 8.63. The van der Waals surface area contributed by atoms with Crippen molar-refractivity contribution in [3.63, 3.8) is 0 Å². The fourth-order valence-corrected chi connectivity index (χ4v) is 4.72. The fraction of sp³-hybridized carbons (Fsp3) is 0.308. The summed E-state index contributed by atoms with van der Waals surface area (Å²) in [6, 6.07) is 14.1. The number of rotatable bonds is 5. The first-order valence-electron chi connectivity index (χ1n) is 11.0. The molecule has 164 valence electrons. The Balaban J connectivity index is 1.49. The van der Waals surface area contributed by atoms with Crippen molar-refractivity contribution in [3.05, 3.63) is 77.6 Å². The average Bonchev–Trinajstić information content (AvgIpc) is 3.44. The standard InChI is InChI=1S/C26H27N3O3/c1-17-7-9-22-21(13-17)24(18-5-3-11-27-14-18)25(28-22)19-6-4-12-29(15-19)26(30)23-10-8-20(32-23)16-31-2/h3,5,7-11,13-14,19,28H,4,6,12,15-16H2,1-2H3/t19-/m1/s1. The third kappa shape index (κ3) is 3.82. The number of H-pyrrole nitrogens is 1. The Bertz CT molecular complexity index is 1240. The number of pyridine rings is 1. The van der Waals surface area contributed by atoms with Gasteiger partial charge in [0, 0.05) is 66.2 Å². The van der Waals surface area contributed by atoms with E-state index in [1.54, 1.807) is 25.4 Å². The number of benzene rings is 1. The first kappa shape index (κ1) is 20.5. The topological polar surface area (TPSA) is 71.4 Å². The van der Waals surface area contributed by atoms with Gasteiger partial charge in [0.25, 0.3) is 5.91 Å². The molecule has 0 radical (unpaired) electrons. The van der Waals surface area contributed by atoms with Crippen molar-refractivity contribution >= 4 is 16.8 Å². The summed E-state index contributed by atoms with van der Waals surface area (Å²) in [7, 11) is 1.61. The molecule has 4 aromatic rings. The SMILES string of the molecule is COCc1ccc(C(=O)N2CCC[C@@H](c3[nH]c4ccc(C)cc4c3-c3cccnc3)C2)o1. The maximum absolute atomic E-state index is 13.1. The highest BCUT2D eigenvalue weighted by Gasteiger charge is 2.30. The van der Waals surface area contributed by atoms with Gasteiger partial charge < -0.3 is 19.0 Å². The largest absolute Gasteiger partial charge is 0.453 e. The van der Waals surface area contributed by atoms with Gasteiger partial charge in [-0.2, -0.15) is 0 Å². The Morgan fingerprint density at radius 2 is 2.19 bits per heavy atom. The maximum atomic E-state index is 13.1. The first-order valence-corrected chi connectivity index (χ1v) is 11.0. The fourth-order valence-electron chi connectivity index (χ4n) is 4.72. The summed E-state index contributed by atoms with van der Waals surface area (Å²) >= 11 is 0. The number of furan rings is 1. The number of hydrogen-bond donors (Lipinski definition) is 1. The number of amides is 1. The summed E-state index contributed by atoms with van der Waals surface area (Å²) in [5, 5.41) is 1.20. The van der Waals surface area contributed by atoms with Crippen molar-refractivity contribution in [1.82, 2.24) is 14.9 Å². The predicted octanol–water partition coefficient (Wildman–Crippen LogP) is 5.30. The van der Waals surface area contributed by atoms with Crippen LogP contribution in [0.25, 0.3) is 22.0 Å². The summed E-state index contributed by atoms with van der Waals surface area (Å²) in [6.45, 7) is 3.86. The molecule has 1 saturated heterocycles. The number of hydrogen-bond acceptors (Lipinski definition) is 4. The molecule has 0 unspecified atom stereocenters. The minimum absolute atomic E-state index is 0.0630. The molecule has 1 atom stereocenters. The van der Waals surface area contributed by atoms with Crippen molar-refractivity contribution < 1.29 is 13.9 Å². The van der Waals surface area contributed by atoms with Crippen LogP contribution >= 0.6 is 0 Å². The zero-order valence-corrected chi connectivity index (χ0v) is 18.4. The normalized spacial score (nSPS) is 16.6. The molecule has 0 spiro atoms. The molecule has 0 saturated carbocycles. The van der Waals surface area contributed by atoms with Crippen LogP contribution in [-0.2, 0) is 11.3 Å². The van der Waals surface area contributed by atoms with Gasteiger partial charge in [0.15, 0.2) is 5.76 Å². The van der Waals surface area contributed by atoms with Crippen molar-refractivity contribution in [2.24, 2.45) is 0 Å². The second-order valence-electron chi connectivity index (χ2n) is 8.49. The Kier molecular flexibility index (Phi) is 5.53. The van der Waals surface area contributed by atoms with Gasteiger partial charge in [0.2, 0.25) is 0 Å². The van der Waals surface area contributed by atoms with Gasteiger partial charge in [-0.05, 0) is 50.1 Å². The number of aryl methyl sites for hydroxylation is 1. The lowest BCUT2D eigenvalue weighted by Gasteiger charge is -2.32. The zero-order chi connectivity index (χ0) is 22.1. The van der Waals surface area contributed by atoms with Crippen LogP contribution in [0.2, 0.25) is 0 Å². The molecule has 1 aromatic carbocycles. The Morgan fingerprint density at radius 3 is 3.00 bits per heavy atom. The minimum atomic E-state index is -0.0630. The van der Waals surface area contributed by atoms with Crippen LogP contribution in [0.15, 0.2) is 59.3 Å². The van der Waals surface area contributed by atoms with Crippen LogP contribution in [0.1, 0.15) is 46.3 Å². The number of nitrogens with zero attached hydrogens (tertiary/aromatic N) is 2. The van der Waals surface area contributed by atoms with E-state index in [1.807, 2.05) is 17.2 Å². The molecular weight excluding hydrogens is 402 g/mol. The van der Waals surface area contributed by atoms with Crippen LogP contribution in [-0.4, -0.2) is 41.0 Å². The number of carbonyl (C=O) groups is 1. The number of methoxy groups -OCH3 is 1. The van der Waals surface area contributed by atoms with Crippen LogP contribution in [0.4, 0.5) is 0 Å². The van der Waals surface area contributed by atoms with E-state index in [0.717, 1.165) is 30.5 Å². The molecular formula is C26H27N3O3. The highest BCUT2D eigenvalue weighted by molar-refractivity contribution is 5.98. The molecule has 1 fully saturated rings. The highest BCUT2D eigenvalue weighted by atomic mass is 16.5. The van der Waals surface area contributed by atoms with E-state index in [1.165, 1.54) is 22.2 Å². The Labute approximate surface area is 187 Å². The molecule has 1 aliphatic rings. The van der Waals surface area contributed by atoms with Crippen molar-refractivity contribution in [1.29, 1.82) is 0 Å². The summed E-state index contributed by atoms with van der Waals surface area (Å²) in [4.78, 5) is 23.1. The molecule has 0 bridgehead atoms. The molecule has 32 heavy (non-hydrogen) atoms. The van der Waals surface area contributed by atoms with Gasteiger partial charge in [0.1, 0.15) is 12.4 Å².